The van der Waals surface area contributed by atoms with E-state index in [9.17, 15) is 4.79 Å². The van der Waals surface area contributed by atoms with Gasteiger partial charge in [0.1, 0.15) is 6.29 Å². The zero-order valence-electron chi connectivity index (χ0n) is 9.65. The number of hydrogen-bond acceptors (Lipinski definition) is 2. The van der Waals surface area contributed by atoms with Crippen LogP contribution >= 0.6 is 0 Å². The van der Waals surface area contributed by atoms with Gasteiger partial charge in [0.05, 0.1) is 5.69 Å². The van der Waals surface area contributed by atoms with Crippen LogP contribution in [0.15, 0.2) is 23.2 Å². The molecule has 16 heavy (non-hydrogen) atoms. The highest BCUT2D eigenvalue weighted by Gasteiger charge is 2.18. The first-order valence-electron chi connectivity index (χ1n) is 5.98. The van der Waals surface area contributed by atoms with Crippen LogP contribution in [0, 0.1) is 0 Å². The molecule has 1 atom stereocenters. The zero-order chi connectivity index (χ0) is 11.4. The largest absolute Gasteiger partial charge is 0.298 e. The van der Waals surface area contributed by atoms with E-state index in [1.165, 1.54) is 31.2 Å². The molecule has 1 aliphatic heterocycles. The molecular formula is C14H17NO. The molecule has 2 heteroatoms. The van der Waals surface area contributed by atoms with Gasteiger partial charge >= 0.3 is 0 Å². The second-order valence-electron chi connectivity index (χ2n) is 4.32. The molecule has 0 fully saturated rings. The number of rotatable bonds is 5. The second-order valence-corrected chi connectivity index (χ2v) is 4.32. The van der Waals surface area contributed by atoms with Crippen molar-refractivity contribution in [3.8, 4) is 0 Å². The fraction of sp³-hybridized carbons (Fsp3) is 0.429. The lowest BCUT2D eigenvalue weighted by Gasteiger charge is -2.08. The van der Waals surface area contributed by atoms with Crippen molar-refractivity contribution >= 4 is 18.2 Å². The maximum atomic E-state index is 10.6. The van der Waals surface area contributed by atoms with E-state index in [0.29, 0.717) is 11.5 Å². The number of aliphatic imine (C=N–C) groups is 1. The fourth-order valence-electron chi connectivity index (χ4n) is 2.15. The predicted molar refractivity (Wildman–Crippen MR) is 66.9 cm³/mol. The molecule has 0 spiro atoms. The SMILES string of the molecule is CCCCCC1C=Nc2cc(C=O)ccc21. The molecule has 0 saturated heterocycles. The molecule has 0 amide bonds. The van der Waals surface area contributed by atoms with Gasteiger partial charge in [0.15, 0.2) is 0 Å². The van der Waals surface area contributed by atoms with Crippen LogP contribution in [0.3, 0.4) is 0 Å². The monoisotopic (exact) mass is 215 g/mol. The molecule has 0 bridgehead atoms. The van der Waals surface area contributed by atoms with Crippen molar-refractivity contribution in [2.75, 3.05) is 0 Å². The van der Waals surface area contributed by atoms with Gasteiger partial charge in [0, 0.05) is 17.7 Å². The molecule has 0 saturated carbocycles. The smallest absolute Gasteiger partial charge is 0.150 e. The summed E-state index contributed by atoms with van der Waals surface area (Å²) >= 11 is 0. The van der Waals surface area contributed by atoms with E-state index in [4.69, 9.17) is 0 Å². The average Bonchev–Trinajstić information content (AvgIpc) is 2.72. The molecule has 2 rings (SSSR count). The van der Waals surface area contributed by atoms with Gasteiger partial charge in [-0.1, -0.05) is 38.3 Å². The summed E-state index contributed by atoms with van der Waals surface area (Å²) in [4.78, 5) is 15.0. The zero-order valence-corrected chi connectivity index (χ0v) is 9.65. The highest BCUT2D eigenvalue weighted by molar-refractivity contribution is 5.84. The van der Waals surface area contributed by atoms with Crippen LogP contribution < -0.4 is 0 Å². The Hall–Kier alpha value is -1.44. The standard InChI is InChI=1S/C14H17NO/c1-2-3-4-5-12-9-15-14-8-11(10-16)6-7-13(12)14/h6-10,12H,2-5H2,1H3. The molecule has 0 aliphatic carbocycles. The minimum atomic E-state index is 0.460. The number of carbonyl (C=O) groups is 1. The lowest BCUT2D eigenvalue weighted by molar-refractivity contribution is 0.112. The quantitative estimate of drug-likeness (QED) is 0.541. The van der Waals surface area contributed by atoms with Crippen molar-refractivity contribution in [1.82, 2.24) is 0 Å². The van der Waals surface area contributed by atoms with E-state index in [2.05, 4.69) is 11.9 Å². The number of benzene rings is 1. The molecular weight excluding hydrogens is 198 g/mol. The van der Waals surface area contributed by atoms with Crippen LogP contribution in [0.2, 0.25) is 0 Å². The Bertz CT molecular complexity index is 409. The first-order valence-corrected chi connectivity index (χ1v) is 5.98. The number of carbonyl (C=O) groups excluding carboxylic acids is 1. The van der Waals surface area contributed by atoms with Gasteiger partial charge in [-0.05, 0) is 18.1 Å². The molecule has 1 unspecified atom stereocenters. The summed E-state index contributed by atoms with van der Waals surface area (Å²) in [5, 5.41) is 0. The van der Waals surface area contributed by atoms with Crippen molar-refractivity contribution in [2.24, 2.45) is 4.99 Å². The molecule has 1 heterocycles. The first-order chi connectivity index (χ1) is 7.85. The minimum Gasteiger partial charge on any atom is -0.298 e. The number of nitrogens with zero attached hydrogens (tertiary/aromatic N) is 1. The molecule has 1 aromatic carbocycles. The molecule has 0 radical (unpaired) electrons. The summed E-state index contributed by atoms with van der Waals surface area (Å²) in [5.74, 6) is 0.460. The van der Waals surface area contributed by atoms with E-state index >= 15 is 0 Å². The third-order valence-electron chi connectivity index (χ3n) is 3.10. The third kappa shape index (κ3) is 2.21. The van der Waals surface area contributed by atoms with E-state index in [0.717, 1.165) is 12.0 Å². The second kappa shape index (κ2) is 5.06. The fourth-order valence-corrected chi connectivity index (χ4v) is 2.15. The van der Waals surface area contributed by atoms with Crippen LogP contribution in [-0.4, -0.2) is 12.5 Å². The topological polar surface area (TPSA) is 29.4 Å². The Labute approximate surface area is 96.4 Å². The lowest BCUT2D eigenvalue weighted by atomic mass is 9.94. The summed E-state index contributed by atoms with van der Waals surface area (Å²) in [6.07, 6.45) is 7.86. The van der Waals surface area contributed by atoms with Crippen LogP contribution in [0.25, 0.3) is 0 Å². The summed E-state index contributed by atoms with van der Waals surface area (Å²) in [7, 11) is 0. The van der Waals surface area contributed by atoms with Gasteiger partial charge < -0.3 is 0 Å². The van der Waals surface area contributed by atoms with Crippen LogP contribution in [-0.2, 0) is 0 Å². The molecule has 0 N–H and O–H groups in total. The summed E-state index contributed by atoms with van der Waals surface area (Å²) in [5.41, 5.74) is 2.97. The number of hydrogen-bond donors (Lipinski definition) is 0. The highest BCUT2D eigenvalue weighted by Crippen LogP contribution is 2.35. The van der Waals surface area contributed by atoms with E-state index < -0.39 is 0 Å². The van der Waals surface area contributed by atoms with Gasteiger partial charge in [-0.25, -0.2) is 0 Å². The minimum absolute atomic E-state index is 0.460. The van der Waals surface area contributed by atoms with Crippen LogP contribution in [0.1, 0.15) is 54.4 Å². The Morgan fingerprint density at radius 1 is 1.38 bits per heavy atom. The van der Waals surface area contributed by atoms with Crippen molar-refractivity contribution in [2.45, 2.75) is 38.5 Å². The molecule has 0 aromatic heterocycles. The maximum Gasteiger partial charge on any atom is 0.150 e. The first kappa shape index (κ1) is 11.1. The van der Waals surface area contributed by atoms with Crippen molar-refractivity contribution in [3.63, 3.8) is 0 Å². The Morgan fingerprint density at radius 2 is 2.25 bits per heavy atom. The Kier molecular flexibility index (Phi) is 3.50. The lowest BCUT2D eigenvalue weighted by Crippen LogP contribution is -1.96. The normalized spacial score (nSPS) is 17.4. The van der Waals surface area contributed by atoms with Crippen molar-refractivity contribution in [1.29, 1.82) is 0 Å². The average molecular weight is 215 g/mol. The maximum absolute atomic E-state index is 10.6. The van der Waals surface area contributed by atoms with Crippen LogP contribution in [0.4, 0.5) is 5.69 Å². The number of unbranched alkanes of at least 4 members (excludes halogenated alkanes) is 2. The van der Waals surface area contributed by atoms with Crippen molar-refractivity contribution in [3.05, 3.63) is 29.3 Å². The third-order valence-corrected chi connectivity index (χ3v) is 3.10. The molecule has 2 nitrogen and oxygen atoms in total. The van der Waals surface area contributed by atoms with E-state index in [1.54, 1.807) is 0 Å². The summed E-state index contributed by atoms with van der Waals surface area (Å²) in [6.45, 7) is 2.22. The van der Waals surface area contributed by atoms with E-state index in [-0.39, 0.29) is 0 Å². The van der Waals surface area contributed by atoms with Gasteiger partial charge in [-0.15, -0.1) is 0 Å². The van der Waals surface area contributed by atoms with Gasteiger partial charge in [0.2, 0.25) is 0 Å². The Morgan fingerprint density at radius 3 is 3.00 bits per heavy atom. The van der Waals surface area contributed by atoms with Crippen LogP contribution in [0.5, 0.6) is 0 Å². The van der Waals surface area contributed by atoms with Gasteiger partial charge in [-0.2, -0.15) is 0 Å². The van der Waals surface area contributed by atoms with Crippen molar-refractivity contribution < 1.29 is 4.79 Å². The summed E-state index contributed by atoms with van der Waals surface area (Å²) in [6, 6.07) is 5.80. The number of fused-ring (bicyclic) bond motifs is 1. The highest BCUT2D eigenvalue weighted by atomic mass is 16.1. The molecule has 84 valence electrons. The molecule has 1 aromatic rings. The predicted octanol–water partition coefficient (Wildman–Crippen LogP) is 3.88. The van der Waals surface area contributed by atoms with Gasteiger partial charge in [0.25, 0.3) is 0 Å². The van der Waals surface area contributed by atoms with E-state index in [1.807, 2.05) is 24.4 Å². The van der Waals surface area contributed by atoms with Gasteiger partial charge in [-0.3, -0.25) is 9.79 Å². The number of aldehydes is 1. The Balaban J connectivity index is 2.08. The molecule has 1 aliphatic rings. The summed E-state index contributed by atoms with van der Waals surface area (Å²) < 4.78 is 0.